The van der Waals surface area contributed by atoms with E-state index in [1.165, 1.54) is 0 Å². The first-order chi connectivity index (χ1) is 6.75. The molecule has 1 aromatic rings. The summed E-state index contributed by atoms with van der Waals surface area (Å²) in [4.78, 5) is 10.5. The van der Waals surface area contributed by atoms with E-state index in [1.54, 1.807) is 0 Å². The monoisotopic (exact) mass is 258 g/mol. The topological polar surface area (TPSA) is 37.3 Å². The molecule has 0 aliphatic heterocycles. The van der Waals surface area contributed by atoms with E-state index in [4.69, 9.17) is 28.3 Å². The molecule has 0 bridgehead atoms. The molecule has 82 valence electrons. The van der Waals surface area contributed by atoms with Crippen LogP contribution in [0.5, 0.6) is 0 Å². The van der Waals surface area contributed by atoms with E-state index in [0.717, 1.165) is 12.1 Å². The summed E-state index contributed by atoms with van der Waals surface area (Å²) in [5, 5.41) is 7.02. The molecular weight excluding hydrogens is 256 g/mol. The van der Waals surface area contributed by atoms with E-state index in [2.05, 4.69) is 0 Å². The molecule has 0 amide bonds. The Morgan fingerprint density at radius 3 is 2.20 bits per heavy atom. The SMILES string of the molecule is O=C(O)c1ccc(Cl)c(C(F)(F)F)c1Cl. The second kappa shape index (κ2) is 3.90. The largest absolute Gasteiger partial charge is 0.478 e. The maximum atomic E-state index is 12.4. The molecule has 0 aliphatic rings. The Morgan fingerprint density at radius 2 is 1.80 bits per heavy atom. The van der Waals surface area contributed by atoms with Gasteiger partial charge in [0.1, 0.15) is 0 Å². The smallest absolute Gasteiger partial charge is 0.419 e. The Morgan fingerprint density at radius 1 is 1.27 bits per heavy atom. The van der Waals surface area contributed by atoms with Gasteiger partial charge in [-0.15, -0.1) is 0 Å². The number of benzene rings is 1. The van der Waals surface area contributed by atoms with Crippen LogP contribution in [0.1, 0.15) is 15.9 Å². The maximum Gasteiger partial charge on any atom is 0.419 e. The third-order valence-corrected chi connectivity index (χ3v) is 2.31. The fraction of sp³-hybridized carbons (Fsp3) is 0.125. The maximum absolute atomic E-state index is 12.4. The number of alkyl halides is 3. The fourth-order valence-electron chi connectivity index (χ4n) is 0.978. The van der Waals surface area contributed by atoms with Crippen molar-refractivity contribution >= 4 is 29.2 Å². The third kappa shape index (κ3) is 2.35. The second-order valence-electron chi connectivity index (χ2n) is 2.59. The number of hydrogen-bond acceptors (Lipinski definition) is 1. The average Bonchev–Trinajstić information content (AvgIpc) is 2.00. The number of carboxylic acid groups (broad SMARTS) is 1. The van der Waals surface area contributed by atoms with Crippen LogP contribution >= 0.6 is 23.2 Å². The second-order valence-corrected chi connectivity index (χ2v) is 3.37. The van der Waals surface area contributed by atoms with Gasteiger partial charge >= 0.3 is 12.1 Å². The van der Waals surface area contributed by atoms with Crippen LogP contribution < -0.4 is 0 Å². The number of hydrogen-bond donors (Lipinski definition) is 1. The van der Waals surface area contributed by atoms with Gasteiger partial charge in [-0.2, -0.15) is 13.2 Å². The molecule has 7 heteroatoms. The summed E-state index contributed by atoms with van der Waals surface area (Å²) in [5.41, 5.74) is -1.96. The van der Waals surface area contributed by atoms with E-state index in [1.807, 2.05) is 0 Å². The molecule has 2 nitrogen and oxygen atoms in total. The lowest BCUT2D eigenvalue weighted by molar-refractivity contribution is -0.137. The molecule has 0 atom stereocenters. The molecule has 0 aromatic heterocycles. The van der Waals surface area contributed by atoms with Gasteiger partial charge in [0.05, 0.1) is 21.2 Å². The Hall–Kier alpha value is -0.940. The summed E-state index contributed by atoms with van der Waals surface area (Å²) in [6.45, 7) is 0. The van der Waals surface area contributed by atoms with E-state index in [0.29, 0.717) is 0 Å². The summed E-state index contributed by atoms with van der Waals surface area (Å²) in [6, 6.07) is 1.77. The summed E-state index contributed by atoms with van der Waals surface area (Å²) in [5.74, 6) is -1.54. The lowest BCUT2D eigenvalue weighted by Crippen LogP contribution is -2.10. The Balaban J connectivity index is 3.51. The molecule has 1 N–H and O–H groups in total. The highest BCUT2D eigenvalue weighted by molar-refractivity contribution is 6.38. The summed E-state index contributed by atoms with van der Waals surface area (Å²) >= 11 is 10.6. The van der Waals surface area contributed by atoms with Gasteiger partial charge in [-0.3, -0.25) is 0 Å². The standard InChI is InChI=1S/C8H3Cl2F3O2/c9-4-2-1-3(7(14)15)6(10)5(4)8(11,12)13/h1-2H,(H,14,15). The van der Waals surface area contributed by atoms with Crippen molar-refractivity contribution in [1.82, 2.24) is 0 Å². The average molecular weight is 259 g/mol. The van der Waals surface area contributed by atoms with Gasteiger partial charge in [0.25, 0.3) is 0 Å². The predicted molar refractivity (Wildman–Crippen MR) is 48.4 cm³/mol. The van der Waals surface area contributed by atoms with Gasteiger partial charge in [0, 0.05) is 0 Å². The highest BCUT2D eigenvalue weighted by Gasteiger charge is 2.37. The molecule has 0 spiro atoms. The van der Waals surface area contributed by atoms with Crippen molar-refractivity contribution in [1.29, 1.82) is 0 Å². The zero-order valence-corrected chi connectivity index (χ0v) is 8.41. The van der Waals surface area contributed by atoms with Crippen molar-refractivity contribution in [2.45, 2.75) is 6.18 Å². The molecule has 0 unspecified atom stereocenters. The molecule has 0 radical (unpaired) electrons. The summed E-state index contributed by atoms with van der Waals surface area (Å²) in [6.07, 6.45) is -4.78. The molecule has 0 aliphatic carbocycles. The van der Waals surface area contributed by atoms with Crippen molar-refractivity contribution in [3.8, 4) is 0 Å². The quantitative estimate of drug-likeness (QED) is 0.834. The van der Waals surface area contributed by atoms with E-state index in [9.17, 15) is 18.0 Å². The Bertz CT molecular complexity index is 415. The normalized spacial score (nSPS) is 11.5. The highest BCUT2D eigenvalue weighted by Crippen LogP contribution is 2.40. The molecule has 0 saturated heterocycles. The van der Waals surface area contributed by atoms with Crippen LogP contribution in [0.4, 0.5) is 13.2 Å². The number of rotatable bonds is 1. The van der Waals surface area contributed by atoms with Crippen LogP contribution in [0.2, 0.25) is 10.0 Å². The summed E-state index contributed by atoms with van der Waals surface area (Å²) < 4.78 is 37.2. The molecule has 1 aromatic carbocycles. The van der Waals surface area contributed by atoms with Crippen LogP contribution in [0, 0.1) is 0 Å². The van der Waals surface area contributed by atoms with E-state index in [-0.39, 0.29) is 0 Å². The number of carbonyl (C=O) groups is 1. The van der Waals surface area contributed by atoms with E-state index < -0.39 is 33.3 Å². The fourth-order valence-corrected chi connectivity index (χ4v) is 1.64. The minimum Gasteiger partial charge on any atom is -0.478 e. The molecule has 0 heterocycles. The van der Waals surface area contributed by atoms with Crippen LogP contribution in [0.15, 0.2) is 12.1 Å². The zero-order chi connectivity index (χ0) is 11.8. The minimum absolute atomic E-state index is 0.627. The Labute approximate surface area is 92.2 Å². The van der Waals surface area contributed by atoms with Gasteiger partial charge < -0.3 is 5.11 Å². The molecular formula is C8H3Cl2F3O2. The van der Waals surface area contributed by atoms with Gasteiger partial charge in [0.15, 0.2) is 0 Å². The molecule has 0 fully saturated rings. The highest BCUT2D eigenvalue weighted by atomic mass is 35.5. The lowest BCUT2D eigenvalue weighted by Gasteiger charge is -2.12. The van der Waals surface area contributed by atoms with Crippen LogP contribution in [0.25, 0.3) is 0 Å². The molecule has 15 heavy (non-hydrogen) atoms. The lowest BCUT2D eigenvalue weighted by atomic mass is 10.1. The first-order valence-electron chi connectivity index (χ1n) is 3.53. The minimum atomic E-state index is -4.78. The van der Waals surface area contributed by atoms with Crippen molar-refractivity contribution in [2.75, 3.05) is 0 Å². The molecule has 1 rings (SSSR count). The first-order valence-corrected chi connectivity index (χ1v) is 4.29. The third-order valence-electron chi connectivity index (χ3n) is 1.60. The number of halogens is 5. The van der Waals surface area contributed by atoms with Crippen molar-refractivity contribution in [3.05, 3.63) is 33.3 Å². The van der Waals surface area contributed by atoms with E-state index >= 15 is 0 Å². The van der Waals surface area contributed by atoms with Crippen molar-refractivity contribution in [3.63, 3.8) is 0 Å². The first kappa shape index (κ1) is 12.1. The molecule has 0 saturated carbocycles. The van der Waals surface area contributed by atoms with Gasteiger partial charge in [0.2, 0.25) is 0 Å². The van der Waals surface area contributed by atoms with Crippen molar-refractivity contribution in [2.24, 2.45) is 0 Å². The van der Waals surface area contributed by atoms with Gasteiger partial charge in [-0.05, 0) is 12.1 Å². The predicted octanol–water partition coefficient (Wildman–Crippen LogP) is 3.71. The Kier molecular flexibility index (Phi) is 3.16. The number of aromatic carboxylic acids is 1. The zero-order valence-electron chi connectivity index (χ0n) is 6.90. The summed E-state index contributed by atoms with van der Waals surface area (Å²) in [7, 11) is 0. The van der Waals surface area contributed by atoms with Crippen LogP contribution in [-0.4, -0.2) is 11.1 Å². The van der Waals surface area contributed by atoms with Gasteiger partial charge in [-0.25, -0.2) is 4.79 Å². The van der Waals surface area contributed by atoms with Gasteiger partial charge in [-0.1, -0.05) is 23.2 Å². The van der Waals surface area contributed by atoms with Crippen molar-refractivity contribution < 1.29 is 23.1 Å². The van der Waals surface area contributed by atoms with Crippen LogP contribution in [-0.2, 0) is 6.18 Å². The van der Waals surface area contributed by atoms with Crippen LogP contribution in [0.3, 0.4) is 0 Å². The number of carboxylic acids is 1.